The number of rotatable bonds is 6. The summed E-state index contributed by atoms with van der Waals surface area (Å²) in [6.45, 7) is 2.45. The van der Waals surface area contributed by atoms with Gasteiger partial charge in [0.2, 0.25) is 0 Å². The van der Waals surface area contributed by atoms with Crippen LogP contribution in [0.4, 0.5) is 0 Å². The molecule has 0 spiro atoms. The van der Waals surface area contributed by atoms with Crippen molar-refractivity contribution in [1.29, 1.82) is 0 Å². The average Bonchev–Trinajstić information content (AvgIpc) is 2.67. The predicted octanol–water partition coefficient (Wildman–Crippen LogP) is 4.66. The van der Waals surface area contributed by atoms with Crippen molar-refractivity contribution in [2.24, 2.45) is 0 Å². The molecule has 128 valence electrons. The SMILES string of the molecule is COc1ccc(C(O)c2c(C)cccc2OCc2ccccc2)cc1. The van der Waals surface area contributed by atoms with Crippen molar-refractivity contribution in [1.82, 2.24) is 0 Å². The van der Waals surface area contributed by atoms with Gasteiger partial charge in [0.15, 0.2) is 0 Å². The molecule has 25 heavy (non-hydrogen) atoms. The third-order valence-corrected chi connectivity index (χ3v) is 4.23. The lowest BCUT2D eigenvalue weighted by Crippen LogP contribution is -2.06. The summed E-state index contributed by atoms with van der Waals surface area (Å²) < 4.78 is 11.2. The maximum atomic E-state index is 10.9. The highest BCUT2D eigenvalue weighted by Crippen LogP contribution is 2.33. The lowest BCUT2D eigenvalue weighted by atomic mass is 9.96. The molecule has 0 heterocycles. The summed E-state index contributed by atoms with van der Waals surface area (Å²) in [4.78, 5) is 0. The highest BCUT2D eigenvalue weighted by Gasteiger charge is 2.18. The Morgan fingerprint density at radius 2 is 1.60 bits per heavy atom. The van der Waals surface area contributed by atoms with Crippen molar-refractivity contribution < 1.29 is 14.6 Å². The number of methoxy groups -OCH3 is 1. The molecule has 3 rings (SSSR count). The van der Waals surface area contributed by atoms with Crippen molar-refractivity contribution in [3.8, 4) is 11.5 Å². The number of hydrogen-bond donors (Lipinski definition) is 1. The molecule has 0 saturated carbocycles. The number of benzene rings is 3. The molecule has 0 amide bonds. The molecular weight excluding hydrogens is 312 g/mol. The molecule has 0 radical (unpaired) electrons. The van der Waals surface area contributed by atoms with Crippen LogP contribution in [0.2, 0.25) is 0 Å². The lowest BCUT2D eigenvalue weighted by Gasteiger charge is -2.19. The Kier molecular flexibility index (Phi) is 5.36. The van der Waals surface area contributed by atoms with Crippen LogP contribution in [0.3, 0.4) is 0 Å². The zero-order chi connectivity index (χ0) is 17.6. The highest BCUT2D eigenvalue weighted by atomic mass is 16.5. The van der Waals surface area contributed by atoms with Crippen molar-refractivity contribution in [2.45, 2.75) is 19.6 Å². The van der Waals surface area contributed by atoms with Gasteiger partial charge in [0.1, 0.15) is 24.2 Å². The van der Waals surface area contributed by atoms with E-state index in [4.69, 9.17) is 9.47 Å². The largest absolute Gasteiger partial charge is 0.497 e. The Morgan fingerprint density at radius 3 is 2.28 bits per heavy atom. The second kappa shape index (κ2) is 7.86. The summed E-state index contributed by atoms with van der Waals surface area (Å²) in [5, 5.41) is 10.9. The molecule has 1 unspecified atom stereocenters. The number of aliphatic hydroxyl groups excluding tert-OH is 1. The summed E-state index contributed by atoms with van der Waals surface area (Å²) in [6.07, 6.45) is -0.752. The zero-order valence-corrected chi connectivity index (χ0v) is 14.5. The Morgan fingerprint density at radius 1 is 0.880 bits per heavy atom. The molecule has 0 saturated heterocycles. The van der Waals surface area contributed by atoms with Gasteiger partial charge in [0.25, 0.3) is 0 Å². The lowest BCUT2D eigenvalue weighted by molar-refractivity contribution is 0.208. The first-order valence-corrected chi connectivity index (χ1v) is 8.27. The maximum Gasteiger partial charge on any atom is 0.126 e. The second-order valence-corrected chi connectivity index (χ2v) is 5.94. The molecule has 0 aliphatic rings. The first-order valence-electron chi connectivity index (χ1n) is 8.27. The van der Waals surface area contributed by atoms with Gasteiger partial charge in [0.05, 0.1) is 7.11 Å². The number of aliphatic hydroxyl groups is 1. The van der Waals surface area contributed by atoms with Crippen LogP contribution >= 0.6 is 0 Å². The minimum Gasteiger partial charge on any atom is -0.497 e. The molecule has 1 atom stereocenters. The van der Waals surface area contributed by atoms with E-state index in [9.17, 15) is 5.11 Å². The monoisotopic (exact) mass is 334 g/mol. The van der Waals surface area contributed by atoms with Gasteiger partial charge in [-0.1, -0.05) is 54.6 Å². The molecule has 0 aliphatic heterocycles. The number of ether oxygens (including phenoxy) is 2. The third kappa shape index (κ3) is 4.01. The third-order valence-electron chi connectivity index (χ3n) is 4.23. The topological polar surface area (TPSA) is 38.7 Å². The minimum atomic E-state index is -0.752. The highest BCUT2D eigenvalue weighted by molar-refractivity contribution is 5.46. The molecule has 3 aromatic carbocycles. The number of hydrogen-bond acceptors (Lipinski definition) is 3. The molecule has 0 aromatic heterocycles. The van der Waals surface area contributed by atoms with Gasteiger partial charge in [-0.15, -0.1) is 0 Å². The van der Waals surface area contributed by atoms with Crippen LogP contribution in [0.25, 0.3) is 0 Å². The van der Waals surface area contributed by atoms with Gasteiger partial charge in [-0.25, -0.2) is 0 Å². The van der Waals surface area contributed by atoms with Crippen LogP contribution < -0.4 is 9.47 Å². The fourth-order valence-electron chi connectivity index (χ4n) is 2.82. The molecule has 0 fully saturated rings. The molecule has 0 bridgehead atoms. The fraction of sp³-hybridized carbons (Fsp3) is 0.182. The Balaban J connectivity index is 1.86. The van der Waals surface area contributed by atoms with E-state index in [1.807, 2.05) is 79.7 Å². The van der Waals surface area contributed by atoms with Gasteiger partial charge in [-0.05, 0) is 41.8 Å². The van der Waals surface area contributed by atoms with E-state index in [0.717, 1.165) is 28.0 Å². The van der Waals surface area contributed by atoms with Crippen LogP contribution in [0.1, 0.15) is 28.4 Å². The summed E-state index contributed by atoms with van der Waals surface area (Å²) >= 11 is 0. The summed E-state index contributed by atoms with van der Waals surface area (Å²) in [7, 11) is 1.63. The van der Waals surface area contributed by atoms with Crippen LogP contribution in [-0.4, -0.2) is 12.2 Å². The average molecular weight is 334 g/mol. The van der Waals surface area contributed by atoms with E-state index < -0.39 is 6.10 Å². The Labute approximate surface area is 148 Å². The van der Waals surface area contributed by atoms with Crippen molar-refractivity contribution in [3.63, 3.8) is 0 Å². The van der Waals surface area contributed by atoms with Gasteiger partial charge < -0.3 is 14.6 Å². The Bertz CT molecular complexity index is 810. The van der Waals surface area contributed by atoms with Crippen molar-refractivity contribution in [3.05, 3.63) is 95.1 Å². The number of aryl methyl sites for hydroxylation is 1. The summed E-state index contributed by atoms with van der Waals surface area (Å²) in [6, 6.07) is 23.3. The van der Waals surface area contributed by atoms with Crippen molar-refractivity contribution >= 4 is 0 Å². The smallest absolute Gasteiger partial charge is 0.126 e. The van der Waals surface area contributed by atoms with Gasteiger partial charge >= 0.3 is 0 Å². The van der Waals surface area contributed by atoms with E-state index in [-0.39, 0.29) is 0 Å². The zero-order valence-electron chi connectivity index (χ0n) is 14.5. The van der Waals surface area contributed by atoms with E-state index >= 15 is 0 Å². The second-order valence-electron chi connectivity index (χ2n) is 5.94. The standard InChI is InChI=1S/C22H22O3/c1-16-7-6-10-20(25-15-17-8-4-3-5-9-17)21(16)22(23)18-11-13-19(24-2)14-12-18/h3-14,22-23H,15H2,1-2H3. The molecule has 3 heteroatoms. The van der Waals surface area contributed by atoms with Crippen LogP contribution in [0, 0.1) is 6.92 Å². The fourth-order valence-corrected chi connectivity index (χ4v) is 2.82. The van der Waals surface area contributed by atoms with Gasteiger partial charge in [-0.3, -0.25) is 0 Å². The van der Waals surface area contributed by atoms with E-state index in [1.54, 1.807) is 7.11 Å². The first kappa shape index (κ1) is 17.1. The molecule has 3 aromatic rings. The van der Waals surface area contributed by atoms with Crippen LogP contribution in [0.5, 0.6) is 11.5 Å². The molecule has 1 N–H and O–H groups in total. The quantitative estimate of drug-likeness (QED) is 0.712. The van der Waals surface area contributed by atoms with Gasteiger partial charge in [-0.2, -0.15) is 0 Å². The van der Waals surface area contributed by atoms with Crippen molar-refractivity contribution in [2.75, 3.05) is 7.11 Å². The molecule has 3 nitrogen and oxygen atoms in total. The predicted molar refractivity (Wildman–Crippen MR) is 99.0 cm³/mol. The summed E-state index contributed by atoms with van der Waals surface area (Å²) in [5.41, 5.74) is 3.69. The van der Waals surface area contributed by atoms with E-state index in [2.05, 4.69) is 0 Å². The minimum absolute atomic E-state index is 0.465. The molecule has 0 aliphatic carbocycles. The van der Waals surface area contributed by atoms with Crippen LogP contribution in [-0.2, 0) is 6.61 Å². The normalized spacial score (nSPS) is 11.8. The first-order chi connectivity index (χ1) is 12.2. The van der Waals surface area contributed by atoms with E-state index in [1.165, 1.54) is 0 Å². The Hall–Kier alpha value is -2.78. The van der Waals surface area contributed by atoms with E-state index in [0.29, 0.717) is 12.4 Å². The van der Waals surface area contributed by atoms with Crippen LogP contribution in [0.15, 0.2) is 72.8 Å². The van der Waals surface area contributed by atoms with Gasteiger partial charge in [0, 0.05) is 5.56 Å². The molecular formula is C22H22O3. The summed E-state index contributed by atoms with van der Waals surface area (Å²) in [5.74, 6) is 1.47. The maximum absolute atomic E-state index is 10.9.